The smallest absolute Gasteiger partial charge is 0.237 e. The molecular formula is C20H21N5O. The van der Waals surface area contributed by atoms with Gasteiger partial charge in [0.25, 0.3) is 0 Å². The molecule has 1 saturated heterocycles. The molecule has 3 aromatic rings. The molecule has 0 radical (unpaired) electrons. The van der Waals surface area contributed by atoms with Crippen LogP contribution in [0.15, 0.2) is 67.0 Å². The van der Waals surface area contributed by atoms with Crippen molar-refractivity contribution in [2.45, 2.75) is 25.6 Å². The van der Waals surface area contributed by atoms with Crippen molar-refractivity contribution in [3.63, 3.8) is 0 Å². The largest absolute Gasteiger partial charge is 0.347 e. The Labute approximate surface area is 152 Å². The Morgan fingerprint density at radius 1 is 1.08 bits per heavy atom. The third-order valence-corrected chi connectivity index (χ3v) is 4.74. The molecule has 26 heavy (non-hydrogen) atoms. The van der Waals surface area contributed by atoms with Crippen LogP contribution < -0.4 is 5.32 Å². The molecule has 1 N–H and O–H groups in total. The Morgan fingerprint density at radius 2 is 1.81 bits per heavy atom. The first kappa shape index (κ1) is 16.5. The lowest BCUT2D eigenvalue weighted by Gasteiger charge is -2.39. The summed E-state index contributed by atoms with van der Waals surface area (Å²) < 4.78 is 1.89. The monoisotopic (exact) mass is 347 g/mol. The molecule has 6 nitrogen and oxygen atoms in total. The van der Waals surface area contributed by atoms with E-state index in [4.69, 9.17) is 0 Å². The quantitative estimate of drug-likeness (QED) is 0.742. The highest BCUT2D eigenvalue weighted by atomic mass is 16.2. The van der Waals surface area contributed by atoms with Crippen LogP contribution >= 0.6 is 0 Å². The van der Waals surface area contributed by atoms with Crippen LogP contribution in [0.2, 0.25) is 0 Å². The maximum atomic E-state index is 12.6. The molecular weight excluding hydrogens is 326 g/mol. The van der Waals surface area contributed by atoms with E-state index in [1.807, 2.05) is 53.1 Å². The Bertz CT molecular complexity index is 862. The van der Waals surface area contributed by atoms with Gasteiger partial charge >= 0.3 is 0 Å². The van der Waals surface area contributed by atoms with Gasteiger partial charge in [-0.15, -0.1) is 10.2 Å². The number of hydrogen-bond donors (Lipinski definition) is 1. The van der Waals surface area contributed by atoms with E-state index in [9.17, 15) is 4.79 Å². The van der Waals surface area contributed by atoms with Crippen molar-refractivity contribution in [2.24, 2.45) is 0 Å². The number of rotatable bonds is 6. The van der Waals surface area contributed by atoms with Crippen molar-refractivity contribution >= 4 is 5.91 Å². The van der Waals surface area contributed by atoms with Crippen molar-refractivity contribution in [3.8, 4) is 5.69 Å². The van der Waals surface area contributed by atoms with Crippen molar-refractivity contribution in [3.05, 3.63) is 78.4 Å². The Kier molecular flexibility index (Phi) is 4.75. The van der Waals surface area contributed by atoms with Crippen molar-refractivity contribution in [1.82, 2.24) is 25.0 Å². The average molecular weight is 347 g/mol. The third-order valence-electron chi connectivity index (χ3n) is 4.74. The molecule has 132 valence electrons. The van der Waals surface area contributed by atoms with Crippen LogP contribution in [-0.4, -0.2) is 38.2 Å². The predicted molar refractivity (Wildman–Crippen MR) is 98.5 cm³/mol. The topological polar surface area (TPSA) is 63.1 Å². The van der Waals surface area contributed by atoms with Crippen LogP contribution in [-0.2, 0) is 17.9 Å². The number of carbonyl (C=O) groups is 1. The zero-order valence-corrected chi connectivity index (χ0v) is 14.5. The van der Waals surface area contributed by atoms with Gasteiger partial charge in [0.15, 0.2) is 5.82 Å². The van der Waals surface area contributed by atoms with Gasteiger partial charge < -0.3 is 5.32 Å². The van der Waals surface area contributed by atoms with Crippen LogP contribution in [0.4, 0.5) is 0 Å². The first-order chi connectivity index (χ1) is 12.8. The van der Waals surface area contributed by atoms with Crippen molar-refractivity contribution < 1.29 is 4.79 Å². The highest BCUT2D eigenvalue weighted by Gasteiger charge is 2.33. The molecule has 4 rings (SSSR count). The number of benzene rings is 2. The number of hydrogen-bond acceptors (Lipinski definition) is 4. The fourth-order valence-electron chi connectivity index (χ4n) is 3.21. The molecule has 1 fully saturated rings. The summed E-state index contributed by atoms with van der Waals surface area (Å²) in [7, 11) is 0. The first-order valence-electron chi connectivity index (χ1n) is 8.81. The molecule has 0 spiro atoms. The second kappa shape index (κ2) is 7.49. The summed E-state index contributed by atoms with van der Waals surface area (Å²) in [4.78, 5) is 14.8. The minimum atomic E-state index is -0.0664. The van der Waals surface area contributed by atoms with Crippen molar-refractivity contribution in [2.75, 3.05) is 6.54 Å². The molecule has 2 heterocycles. The number of amides is 1. The lowest BCUT2D eigenvalue weighted by Crippen LogP contribution is -2.55. The van der Waals surface area contributed by atoms with Crippen LogP contribution in [0, 0.1) is 0 Å². The van der Waals surface area contributed by atoms with E-state index in [2.05, 4.69) is 32.5 Å². The molecule has 1 aliphatic heterocycles. The second-order valence-electron chi connectivity index (χ2n) is 6.43. The lowest BCUT2D eigenvalue weighted by molar-refractivity contribution is -0.131. The minimum absolute atomic E-state index is 0.0507. The normalized spacial score (nSPS) is 16.8. The van der Waals surface area contributed by atoms with Crippen LogP contribution in [0.25, 0.3) is 5.69 Å². The van der Waals surface area contributed by atoms with Gasteiger partial charge in [-0.05, 0) is 24.1 Å². The maximum absolute atomic E-state index is 12.6. The molecule has 6 heteroatoms. The summed E-state index contributed by atoms with van der Waals surface area (Å²) in [6.07, 6.45) is 2.56. The van der Waals surface area contributed by atoms with Gasteiger partial charge in [-0.3, -0.25) is 14.3 Å². The number of nitrogens with zero attached hydrogens (tertiary/aromatic N) is 4. The summed E-state index contributed by atoms with van der Waals surface area (Å²) in [5.74, 6) is 0.772. The van der Waals surface area contributed by atoms with Crippen LogP contribution in [0.3, 0.4) is 0 Å². The summed E-state index contributed by atoms with van der Waals surface area (Å²) in [5.41, 5.74) is 2.21. The third kappa shape index (κ3) is 3.50. The van der Waals surface area contributed by atoms with E-state index in [-0.39, 0.29) is 11.9 Å². The van der Waals surface area contributed by atoms with Gasteiger partial charge in [-0.2, -0.15) is 0 Å². The molecule has 1 atom stereocenters. The SMILES string of the molecule is O=C(NCc1nncn1-c1ccccc1)C1CCN1Cc1ccccc1. The maximum Gasteiger partial charge on any atom is 0.237 e. The zero-order valence-electron chi connectivity index (χ0n) is 14.5. The summed E-state index contributed by atoms with van der Waals surface area (Å²) in [6.45, 7) is 2.12. The Balaban J connectivity index is 1.36. The molecule has 1 amide bonds. The van der Waals surface area contributed by atoms with Crippen molar-refractivity contribution in [1.29, 1.82) is 0 Å². The predicted octanol–water partition coefficient (Wildman–Crippen LogP) is 2.16. The fraction of sp³-hybridized carbons (Fsp3) is 0.250. The molecule has 0 bridgehead atoms. The van der Waals surface area contributed by atoms with Crippen LogP contribution in [0.5, 0.6) is 0 Å². The van der Waals surface area contributed by atoms with Gasteiger partial charge in [0, 0.05) is 18.8 Å². The van der Waals surface area contributed by atoms with Gasteiger partial charge in [0.1, 0.15) is 6.33 Å². The minimum Gasteiger partial charge on any atom is -0.347 e. The molecule has 1 unspecified atom stereocenters. The van der Waals surface area contributed by atoms with Crippen LogP contribution in [0.1, 0.15) is 17.8 Å². The molecule has 0 saturated carbocycles. The van der Waals surface area contributed by atoms with E-state index in [0.29, 0.717) is 6.54 Å². The molecule has 0 aliphatic carbocycles. The van der Waals surface area contributed by atoms with E-state index in [0.717, 1.165) is 31.0 Å². The average Bonchev–Trinajstić information content (AvgIpc) is 3.14. The summed E-state index contributed by atoms with van der Waals surface area (Å²) >= 11 is 0. The highest BCUT2D eigenvalue weighted by Crippen LogP contribution is 2.20. The number of carbonyl (C=O) groups excluding carboxylic acids is 1. The van der Waals surface area contributed by atoms with E-state index in [1.165, 1.54) is 5.56 Å². The number of nitrogens with one attached hydrogen (secondary N) is 1. The van der Waals surface area contributed by atoms with Gasteiger partial charge in [0.05, 0.1) is 12.6 Å². The fourth-order valence-corrected chi connectivity index (χ4v) is 3.21. The number of aromatic nitrogens is 3. The van der Waals surface area contributed by atoms with Gasteiger partial charge in [0.2, 0.25) is 5.91 Å². The molecule has 1 aliphatic rings. The highest BCUT2D eigenvalue weighted by molar-refractivity contribution is 5.82. The Morgan fingerprint density at radius 3 is 2.50 bits per heavy atom. The first-order valence-corrected chi connectivity index (χ1v) is 8.81. The zero-order chi connectivity index (χ0) is 17.8. The number of likely N-dealkylation sites (tertiary alicyclic amines) is 1. The molecule has 1 aromatic heterocycles. The lowest BCUT2D eigenvalue weighted by atomic mass is 10.0. The summed E-state index contributed by atoms with van der Waals surface area (Å²) in [5, 5.41) is 11.1. The van der Waals surface area contributed by atoms with E-state index in [1.54, 1.807) is 6.33 Å². The number of para-hydroxylation sites is 1. The van der Waals surface area contributed by atoms with Gasteiger partial charge in [-0.25, -0.2) is 0 Å². The second-order valence-corrected chi connectivity index (χ2v) is 6.43. The van der Waals surface area contributed by atoms with Gasteiger partial charge in [-0.1, -0.05) is 48.5 Å². The molecule has 2 aromatic carbocycles. The van der Waals surface area contributed by atoms with E-state index < -0.39 is 0 Å². The standard InChI is InChI=1S/C20H21N5O/c26-20(18-11-12-24(18)14-16-7-3-1-4-8-16)21-13-19-23-22-15-25(19)17-9-5-2-6-10-17/h1-10,15,18H,11-14H2,(H,21,26). The van der Waals surface area contributed by atoms with E-state index >= 15 is 0 Å². The summed E-state index contributed by atoms with van der Waals surface area (Å²) in [6, 6.07) is 20.1. The Hall–Kier alpha value is -2.99.